The lowest BCUT2D eigenvalue weighted by molar-refractivity contribution is -0.128. The van der Waals surface area contributed by atoms with Gasteiger partial charge in [-0.1, -0.05) is 20.3 Å². The molecule has 3 unspecified atom stereocenters. The molecule has 0 N–H and O–H groups in total. The van der Waals surface area contributed by atoms with Crippen molar-refractivity contribution in [1.82, 2.24) is 0 Å². The molecule has 12 heavy (non-hydrogen) atoms. The highest BCUT2D eigenvalue weighted by atomic mass is 16.5. The summed E-state index contributed by atoms with van der Waals surface area (Å²) in [6.45, 7) is 4.32. The molecule has 2 nitrogen and oxygen atoms in total. The Morgan fingerprint density at radius 2 is 2.17 bits per heavy atom. The monoisotopic (exact) mass is 170 g/mol. The summed E-state index contributed by atoms with van der Waals surface area (Å²) < 4.78 is 5.31. The molecule has 3 atom stereocenters. The first kappa shape index (κ1) is 9.72. The molecule has 0 heterocycles. The van der Waals surface area contributed by atoms with Crippen molar-refractivity contribution in [2.75, 3.05) is 7.11 Å². The van der Waals surface area contributed by atoms with E-state index in [1.165, 1.54) is 0 Å². The SMILES string of the molecule is CCC1C(C)CC(=O)CC1OC. The maximum absolute atomic E-state index is 11.2. The number of hydrogen-bond donors (Lipinski definition) is 0. The van der Waals surface area contributed by atoms with Gasteiger partial charge < -0.3 is 4.74 Å². The lowest BCUT2D eigenvalue weighted by atomic mass is 9.76. The largest absolute Gasteiger partial charge is 0.381 e. The fraction of sp³-hybridized carbons (Fsp3) is 0.900. The van der Waals surface area contributed by atoms with Crippen molar-refractivity contribution in [3.8, 4) is 0 Å². The first-order valence-corrected chi connectivity index (χ1v) is 4.73. The Labute approximate surface area is 74.3 Å². The molecule has 1 aliphatic carbocycles. The van der Waals surface area contributed by atoms with E-state index in [0.29, 0.717) is 24.0 Å². The van der Waals surface area contributed by atoms with Crippen molar-refractivity contribution in [2.24, 2.45) is 11.8 Å². The molecule has 0 aromatic rings. The molecule has 0 saturated heterocycles. The summed E-state index contributed by atoms with van der Waals surface area (Å²) in [5.74, 6) is 1.44. The molecule has 0 aromatic heterocycles. The molecule has 2 heteroatoms. The van der Waals surface area contributed by atoms with Gasteiger partial charge in [-0.3, -0.25) is 4.79 Å². The second-order valence-electron chi connectivity index (χ2n) is 3.77. The van der Waals surface area contributed by atoms with Gasteiger partial charge in [0.15, 0.2) is 0 Å². The number of hydrogen-bond acceptors (Lipinski definition) is 2. The van der Waals surface area contributed by atoms with Crippen LogP contribution >= 0.6 is 0 Å². The molecular weight excluding hydrogens is 152 g/mol. The Morgan fingerprint density at radius 3 is 2.67 bits per heavy atom. The van der Waals surface area contributed by atoms with E-state index < -0.39 is 0 Å². The molecule has 1 fully saturated rings. The normalized spacial score (nSPS) is 36.9. The van der Waals surface area contributed by atoms with Crippen LogP contribution in [0.4, 0.5) is 0 Å². The summed E-state index contributed by atoms with van der Waals surface area (Å²) in [5.41, 5.74) is 0. The van der Waals surface area contributed by atoms with Crippen LogP contribution in [0.2, 0.25) is 0 Å². The third-order valence-electron chi connectivity index (χ3n) is 2.96. The zero-order chi connectivity index (χ0) is 9.14. The standard InChI is InChI=1S/C10H18O2/c1-4-9-7(2)5-8(11)6-10(9)12-3/h7,9-10H,4-6H2,1-3H3. The zero-order valence-corrected chi connectivity index (χ0v) is 8.17. The van der Waals surface area contributed by atoms with E-state index in [0.717, 1.165) is 12.8 Å². The number of carbonyl (C=O) groups excluding carboxylic acids is 1. The van der Waals surface area contributed by atoms with Gasteiger partial charge in [0.25, 0.3) is 0 Å². The van der Waals surface area contributed by atoms with Crippen LogP contribution in [0.3, 0.4) is 0 Å². The van der Waals surface area contributed by atoms with E-state index in [-0.39, 0.29) is 6.10 Å². The van der Waals surface area contributed by atoms with Crippen LogP contribution in [0.1, 0.15) is 33.1 Å². The molecule has 0 bridgehead atoms. The minimum absolute atomic E-state index is 0.172. The Bertz CT molecular complexity index is 165. The number of Topliss-reactive ketones (excluding diaryl/α,β-unsaturated/α-hetero) is 1. The van der Waals surface area contributed by atoms with Crippen LogP contribution in [0, 0.1) is 11.8 Å². The van der Waals surface area contributed by atoms with Gasteiger partial charge in [0.2, 0.25) is 0 Å². The third-order valence-corrected chi connectivity index (χ3v) is 2.96. The van der Waals surface area contributed by atoms with E-state index in [2.05, 4.69) is 13.8 Å². The number of methoxy groups -OCH3 is 1. The smallest absolute Gasteiger partial charge is 0.135 e. The van der Waals surface area contributed by atoms with Crippen molar-refractivity contribution in [3.05, 3.63) is 0 Å². The van der Waals surface area contributed by atoms with Gasteiger partial charge in [0, 0.05) is 20.0 Å². The molecule has 1 saturated carbocycles. The Balaban J connectivity index is 2.62. The van der Waals surface area contributed by atoms with Crippen LogP contribution < -0.4 is 0 Å². The lowest BCUT2D eigenvalue weighted by Crippen LogP contribution is -2.36. The highest BCUT2D eigenvalue weighted by Gasteiger charge is 2.33. The van der Waals surface area contributed by atoms with Gasteiger partial charge in [-0.15, -0.1) is 0 Å². The summed E-state index contributed by atoms with van der Waals surface area (Å²) in [6, 6.07) is 0. The van der Waals surface area contributed by atoms with Crippen molar-refractivity contribution >= 4 is 5.78 Å². The molecule has 0 radical (unpaired) electrons. The molecule has 1 rings (SSSR count). The van der Waals surface area contributed by atoms with Crippen molar-refractivity contribution in [2.45, 2.75) is 39.2 Å². The average Bonchev–Trinajstić information content (AvgIpc) is 2.03. The molecular formula is C10H18O2. The fourth-order valence-corrected chi connectivity index (χ4v) is 2.26. The molecule has 0 amide bonds. The Morgan fingerprint density at radius 1 is 1.50 bits per heavy atom. The summed E-state index contributed by atoms with van der Waals surface area (Å²) in [5, 5.41) is 0. The summed E-state index contributed by atoms with van der Waals surface area (Å²) in [4.78, 5) is 11.2. The Kier molecular flexibility index (Phi) is 3.27. The summed E-state index contributed by atoms with van der Waals surface area (Å²) >= 11 is 0. The quantitative estimate of drug-likeness (QED) is 0.633. The highest BCUT2D eigenvalue weighted by molar-refractivity contribution is 5.80. The average molecular weight is 170 g/mol. The second-order valence-corrected chi connectivity index (χ2v) is 3.77. The molecule has 1 aliphatic rings. The van der Waals surface area contributed by atoms with E-state index in [4.69, 9.17) is 4.74 Å². The number of ketones is 1. The van der Waals surface area contributed by atoms with Crippen LogP contribution in [0.15, 0.2) is 0 Å². The number of carbonyl (C=O) groups is 1. The van der Waals surface area contributed by atoms with Crippen LogP contribution in [0.25, 0.3) is 0 Å². The minimum Gasteiger partial charge on any atom is -0.381 e. The van der Waals surface area contributed by atoms with Crippen LogP contribution in [-0.2, 0) is 9.53 Å². The molecule has 70 valence electrons. The molecule has 0 aromatic carbocycles. The number of ether oxygens (including phenoxy) is 1. The molecule has 0 aliphatic heterocycles. The van der Waals surface area contributed by atoms with E-state index >= 15 is 0 Å². The third kappa shape index (κ3) is 1.86. The maximum atomic E-state index is 11.2. The zero-order valence-electron chi connectivity index (χ0n) is 8.17. The minimum atomic E-state index is 0.172. The van der Waals surface area contributed by atoms with Crippen molar-refractivity contribution < 1.29 is 9.53 Å². The summed E-state index contributed by atoms with van der Waals surface area (Å²) in [6.07, 6.45) is 2.66. The van der Waals surface area contributed by atoms with Crippen molar-refractivity contribution in [3.63, 3.8) is 0 Å². The predicted octanol–water partition coefficient (Wildman–Crippen LogP) is 2.03. The first-order chi connectivity index (χ1) is 5.69. The van der Waals surface area contributed by atoms with Gasteiger partial charge >= 0.3 is 0 Å². The fourth-order valence-electron chi connectivity index (χ4n) is 2.26. The first-order valence-electron chi connectivity index (χ1n) is 4.73. The van der Waals surface area contributed by atoms with Gasteiger partial charge in [-0.25, -0.2) is 0 Å². The Hall–Kier alpha value is -0.370. The molecule has 0 spiro atoms. The van der Waals surface area contributed by atoms with Crippen molar-refractivity contribution in [1.29, 1.82) is 0 Å². The van der Waals surface area contributed by atoms with E-state index in [1.54, 1.807) is 7.11 Å². The van der Waals surface area contributed by atoms with Crippen LogP contribution in [-0.4, -0.2) is 19.0 Å². The number of rotatable bonds is 2. The van der Waals surface area contributed by atoms with Gasteiger partial charge in [0.1, 0.15) is 5.78 Å². The topological polar surface area (TPSA) is 26.3 Å². The second kappa shape index (κ2) is 4.04. The van der Waals surface area contributed by atoms with Crippen LogP contribution in [0.5, 0.6) is 0 Å². The highest BCUT2D eigenvalue weighted by Crippen LogP contribution is 2.31. The van der Waals surface area contributed by atoms with Gasteiger partial charge in [-0.2, -0.15) is 0 Å². The van der Waals surface area contributed by atoms with E-state index in [9.17, 15) is 4.79 Å². The lowest BCUT2D eigenvalue weighted by Gasteiger charge is -2.34. The summed E-state index contributed by atoms with van der Waals surface area (Å²) in [7, 11) is 1.71. The van der Waals surface area contributed by atoms with E-state index in [1.807, 2.05) is 0 Å². The predicted molar refractivity (Wildman–Crippen MR) is 48.0 cm³/mol. The maximum Gasteiger partial charge on any atom is 0.135 e. The van der Waals surface area contributed by atoms with Gasteiger partial charge in [0.05, 0.1) is 6.10 Å². The van der Waals surface area contributed by atoms with Gasteiger partial charge in [-0.05, 0) is 11.8 Å².